The number of hydrogen-bond donors (Lipinski definition) is 1. The fourth-order valence-corrected chi connectivity index (χ4v) is 3.31. The molecule has 0 spiro atoms. The summed E-state index contributed by atoms with van der Waals surface area (Å²) in [5.74, 6) is 0. The Morgan fingerprint density at radius 2 is 1.87 bits per heavy atom. The van der Waals surface area contributed by atoms with Gasteiger partial charge in [0, 0.05) is 4.88 Å². The van der Waals surface area contributed by atoms with Gasteiger partial charge in [0.05, 0.1) is 17.5 Å². The molecule has 0 saturated heterocycles. The van der Waals surface area contributed by atoms with Crippen LogP contribution in [0.15, 0.2) is 0 Å². The average Bonchev–Trinajstić information content (AvgIpc) is 2.27. The van der Waals surface area contributed by atoms with Crippen molar-refractivity contribution < 1.29 is 8.42 Å². The van der Waals surface area contributed by atoms with E-state index in [0.717, 1.165) is 21.8 Å². The van der Waals surface area contributed by atoms with Gasteiger partial charge in [-0.25, -0.2) is 18.1 Å². The molecule has 1 heterocycles. The van der Waals surface area contributed by atoms with Gasteiger partial charge < -0.3 is 0 Å². The zero-order valence-electron chi connectivity index (χ0n) is 9.58. The Morgan fingerprint density at radius 3 is 2.20 bits per heavy atom. The highest BCUT2D eigenvalue weighted by Crippen LogP contribution is 2.27. The van der Waals surface area contributed by atoms with Crippen LogP contribution in [0.5, 0.6) is 0 Å². The third-order valence-corrected chi connectivity index (χ3v) is 4.28. The zero-order chi connectivity index (χ0) is 11.9. The van der Waals surface area contributed by atoms with E-state index in [1.165, 1.54) is 11.3 Å². The fourth-order valence-electron chi connectivity index (χ4n) is 1.25. The maximum absolute atomic E-state index is 11.2. The van der Waals surface area contributed by atoms with Gasteiger partial charge in [0.15, 0.2) is 0 Å². The molecule has 0 bridgehead atoms. The van der Waals surface area contributed by atoms with Gasteiger partial charge in [0.2, 0.25) is 10.0 Å². The Balaban J connectivity index is 3.06. The number of thiazole rings is 1. The maximum Gasteiger partial charge on any atom is 0.209 e. The Hall–Kier alpha value is -0.460. The fraction of sp³-hybridized carbons (Fsp3) is 0.667. The van der Waals surface area contributed by atoms with Crippen LogP contribution in [-0.4, -0.2) is 19.7 Å². The first-order valence-electron chi connectivity index (χ1n) is 4.55. The standard InChI is InChI=1S/C9H16N2O2S2/c1-6-7(2)14-8(10-6)9(3,4)11-15(5,12)13/h11H,1-5H3. The Bertz CT molecular complexity index is 441. The van der Waals surface area contributed by atoms with Crippen LogP contribution < -0.4 is 4.72 Å². The van der Waals surface area contributed by atoms with Crippen molar-refractivity contribution in [3.63, 3.8) is 0 Å². The molecule has 15 heavy (non-hydrogen) atoms. The third-order valence-electron chi connectivity index (χ3n) is 2.00. The van der Waals surface area contributed by atoms with Crippen LogP contribution in [0.2, 0.25) is 0 Å². The van der Waals surface area contributed by atoms with Crippen LogP contribution in [0.1, 0.15) is 29.4 Å². The molecule has 0 amide bonds. The third kappa shape index (κ3) is 3.25. The van der Waals surface area contributed by atoms with Gasteiger partial charge in [0.25, 0.3) is 0 Å². The lowest BCUT2D eigenvalue weighted by atomic mass is 10.1. The Kier molecular flexibility index (Phi) is 3.23. The second kappa shape index (κ2) is 3.84. The summed E-state index contributed by atoms with van der Waals surface area (Å²) in [5, 5.41) is 0.794. The summed E-state index contributed by atoms with van der Waals surface area (Å²) < 4.78 is 24.9. The van der Waals surface area contributed by atoms with E-state index >= 15 is 0 Å². The monoisotopic (exact) mass is 248 g/mol. The van der Waals surface area contributed by atoms with Gasteiger partial charge in [-0.05, 0) is 27.7 Å². The normalized spacial score (nSPS) is 13.1. The van der Waals surface area contributed by atoms with E-state index in [9.17, 15) is 8.42 Å². The highest BCUT2D eigenvalue weighted by molar-refractivity contribution is 7.88. The van der Waals surface area contributed by atoms with Gasteiger partial charge in [-0.1, -0.05) is 0 Å². The molecule has 1 rings (SSSR count). The van der Waals surface area contributed by atoms with E-state index in [-0.39, 0.29) is 0 Å². The average molecular weight is 248 g/mol. The van der Waals surface area contributed by atoms with Crippen LogP contribution in [0.3, 0.4) is 0 Å². The minimum absolute atomic E-state index is 0.642. The molecule has 0 radical (unpaired) electrons. The molecule has 0 unspecified atom stereocenters. The molecule has 6 heteroatoms. The molecular formula is C9H16N2O2S2. The molecule has 1 aromatic heterocycles. The first kappa shape index (κ1) is 12.6. The van der Waals surface area contributed by atoms with Crippen LogP contribution in [0.25, 0.3) is 0 Å². The van der Waals surface area contributed by atoms with Crippen molar-refractivity contribution in [3.05, 3.63) is 15.6 Å². The SMILES string of the molecule is Cc1nc(C(C)(C)NS(C)(=O)=O)sc1C. The lowest BCUT2D eigenvalue weighted by Gasteiger charge is -2.22. The first-order chi connectivity index (χ1) is 6.62. The highest BCUT2D eigenvalue weighted by Gasteiger charge is 2.28. The van der Waals surface area contributed by atoms with Crippen molar-refractivity contribution in [2.75, 3.05) is 6.26 Å². The number of hydrogen-bond acceptors (Lipinski definition) is 4. The van der Waals surface area contributed by atoms with E-state index in [0.29, 0.717) is 0 Å². The topological polar surface area (TPSA) is 59.1 Å². The summed E-state index contributed by atoms with van der Waals surface area (Å²) >= 11 is 1.52. The summed E-state index contributed by atoms with van der Waals surface area (Å²) in [6.45, 7) is 7.52. The van der Waals surface area contributed by atoms with Crippen LogP contribution >= 0.6 is 11.3 Å². The second-order valence-electron chi connectivity index (χ2n) is 4.16. The number of aryl methyl sites for hydroxylation is 2. The van der Waals surface area contributed by atoms with Crippen molar-refractivity contribution in [1.29, 1.82) is 0 Å². The lowest BCUT2D eigenvalue weighted by Crippen LogP contribution is -2.40. The number of nitrogens with one attached hydrogen (secondary N) is 1. The van der Waals surface area contributed by atoms with Gasteiger partial charge in [-0.2, -0.15) is 0 Å². The van der Waals surface area contributed by atoms with Crippen molar-refractivity contribution in [2.45, 2.75) is 33.2 Å². The van der Waals surface area contributed by atoms with Crippen LogP contribution in [0.4, 0.5) is 0 Å². The van der Waals surface area contributed by atoms with Crippen molar-refractivity contribution in [3.8, 4) is 0 Å². The first-order valence-corrected chi connectivity index (χ1v) is 7.26. The molecule has 4 nitrogen and oxygen atoms in total. The largest absolute Gasteiger partial charge is 0.244 e. The van der Waals surface area contributed by atoms with Crippen molar-refractivity contribution in [2.24, 2.45) is 0 Å². The molecule has 0 aliphatic rings. The van der Waals surface area contributed by atoms with Crippen LogP contribution in [-0.2, 0) is 15.6 Å². The van der Waals surface area contributed by atoms with Gasteiger partial charge >= 0.3 is 0 Å². The number of sulfonamides is 1. The predicted octanol–water partition coefficient (Wildman–Crippen LogP) is 1.54. The molecule has 0 aliphatic carbocycles. The van der Waals surface area contributed by atoms with Crippen LogP contribution in [0, 0.1) is 13.8 Å². The van der Waals surface area contributed by atoms with Crippen molar-refractivity contribution in [1.82, 2.24) is 9.71 Å². The Morgan fingerprint density at radius 1 is 1.33 bits per heavy atom. The van der Waals surface area contributed by atoms with E-state index in [1.54, 1.807) is 0 Å². The zero-order valence-corrected chi connectivity index (χ0v) is 11.2. The minimum Gasteiger partial charge on any atom is -0.244 e. The summed E-state index contributed by atoms with van der Waals surface area (Å²) in [5.41, 5.74) is 0.315. The molecule has 0 fully saturated rings. The van der Waals surface area contributed by atoms with Gasteiger partial charge in [-0.15, -0.1) is 11.3 Å². The summed E-state index contributed by atoms with van der Waals surface area (Å²) in [7, 11) is -3.22. The minimum atomic E-state index is -3.22. The lowest BCUT2D eigenvalue weighted by molar-refractivity contribution is 0.472. The van der Waals surface area contributed by atoms with E-state index in [1.807, 2.05) is 27.7 Å². The van der Waals surface area contributed by atoms with E-state index in [2.05, 4.69) is 9.71 Å². The molecular weight excluding hydrogens is 232 g/mol. The molecule has 1 aromatic rings. The molecule has 86 valence electrons. The van der Waals surface area contributed by atoms with E-state index < -0.39 is 15.6 Å². The second-order valence-corrected chi connectivity index (χ2v) is 7.11. The maximum atomic E-state index is 11.2. The number of aromatic nitrogens is 1. The smallest absolute Gasteiger partial charge is 0.209 e. The molecule has 0 aliphatic heterocycles. The molecule has 0 saturated carbocycles. The molecule has 0 aromatic carbocycles. The van der Waals surface area contributed by atoms with Gasteiger partial charge in [-0.3, -0.25) is 0 Å². The number of nitrogens with zero attached hydrogens (tertiary/aromatic N) is 1. The highest BCUT2D eigenvalue weighted by atomic mass is 32.2. The summed E-state index contributed by atoms with van der Waals surface area (Å²) in [4.78, 5) is 5.48. The van der Waals surface area contributed by atoms with Crippen molar-refractivity contribution >= 4 is 21.4 Å². The Labute approximate surface area is 94.8 Å². The summed E-state index contributed by atoms with van der Waals surface area (Å²) in [6.07, 6.45) is 1.15. The number of rotatable bonds is 3. The van der Waals surface area contributed by atoms with Gasteiger partial charge in [0.1, 0.15) is 5.01 Å². The quantitative estimate of drug-likeness (QED) is 0.882. The summed E-state index contributed by atoms with van der Waals surface area (Å²) in [6, 6.07) is 0. The van der Waals surface area contributed by atoms with E-state index in [4.69, 9.17) is 0 Å². The predicted molar refractivity (Wildman–Crippen MR) is 62.6 cm³/mol. The molecule has 0 atom stereocenters. The molecule has 1 N–H and O–H groups in total.